The van der Waals surface area contributed by atoms with E-state index in [9.17, 15) is 0 Å². The molecule has 1 heterocycles. The number of anilines is 1. The van der Waals surface area contributed by atoms with Crippen molar-refractivity contribution in [2.45, 2.75) is 20.0 Å². The van der Waals surface area contributed by atoms with Gasteiger partial charge in [0.25, 0.3) is 0 Å². The maximum atomic E-state index is 5.64. The molecule has 0 spiro atoms. The van der Waals surface area contributed by atoms with Crippen molar-refractivity contribution in [3.8, 4) is 0 Å². The molecule has 1 aromatic carbocycles. The summed E-state index contributed by atoms with van der Waals surface area (Å²) in [6.07, 6.45) is 1.71. The van der Waals surface area contributed by atoms with Gasteiger partial charge in [-0.1, -0.05) is 37.3 Å². The van der Waals surface area contributed by atoms with E-state index in [1.807, 2.05) is 18.2 Å². The van der Waals surface area contributed by atoms with Crippen LogP contribution in [-0.4, -0.2) is 16.4 Å². The second-order valence-corrected chi connectivity index (χ2v) is 4.37. The number of nitrogens with two attached hydrogens (primary N) is 1. The first-order chi connectivity index (χ1) is 8.78. The van der Waals surface area contributed by atoms with Gasteiger partial charge in [0.05, 0.1) is 17.6 Å². The van der Waals surface area contributed by atoms with Gasteiger partial charge in [-0.15, -0.1) is 0 Å². The average molecular weight is 241 g/mol. The lowest BCUT2D eigenvalue weighted by atomic mass is 10.2. The van der Waals surface area contributed by atoms with E-state index in [1.165, 1.54) is 5.56 Å². The number of hydrogen-bond donors (Lipinski definition) is 1. The molecule has 18 heavy (non-hydrogen) atoms. The summed E-state index contributed by atoms with van der Waals surface area (Å²) in [5.41, 5.74) is 8.74. The van der Waals surface area contributed by atoms with Crippen LogP contribution in [-0.2, 0) is 13.1 Å². The molecule has 94 valence electrons. The van der Waals surface area contributed by atoms with Gasteiger partial charge in [-0.3, -0.25) is 9.88 Å². The number of hydrogen-bond acceptors (Lipinski definition) is 3. The Labute approximate surface area is 108 Å². The maximum absolute atomic E-state index is 5.64. The maximum Gasteiger partial charge on any atom is 0.0545 e. The molecule has 0 amide bonds. The molecule has 3 nitrogen and oxygen atoms in total. The summed E-state index contributed by atoms with van der Waals surface area (Å²) in [7, 11) is 0. The van der Waals surface area contributed by atoms with Crippen molar-refractivity contribution in [2.75, 3.05) is 12.3 Å². The van der Waals surface area contributed by atoms with E-state index in [2.05, 4.69) is 41.1 Å². The molecule has 0 saturated heterocycles. The lowest BCUT2D eigenvalue weighted by Crippen LogP contribution is -2.22. The summed E-state index contributed by atoms with van der Waals surface area (Å²) >= 11 is 0. The Hall–Kier alpha value is -1.87. The molecule has 0 aliphatic carbocycles. The van der Waals surface area contributed by atoms with Crippen LogP contribution in [0.25, 0.3) is 0 Å². The molecule has 3 heteroatoms. The van der Waals surface area contributed by atoms with Crippen molar-refractivity contribution < 1.29 is 0 Å². The Kier molecular flexibility index (Phi) is 4.31. The van der Waals surface area contributed by atoms with Crippen LogP contribution in [0.4, 0.5) is 5.69 Å². The molecule has 2 aromatic rings. The van der Waals surface area contributed by atoms with Crippen molar-refractivity contribution in [1.82, 2.24) is 9.88 Å². The van der Waals surface area contributed by atoms with Gasteiger partial charge >= 0.3 is 0 Å². The Morgan fingerprint density at radius 3 is 2.44 bits per heavy atom. The summed E-state index contributed by atoms with van der Waals surface area (Å²) in [5, 5.41) is 0. The van der Waals surface area contributed by atoms with E-state index in [0.29, 0.717) is 5.69 Å². The summed E-state index contributed by atoms with van der Waals surface area (Å²) in [4.78, 5) is 6.70. The highest BCUT2D eigenvalue weighted by Crippen LogP contribution is 2.09. The SMILES string of the molecule is CCN(Cc1ccccc1)Cc1ccc(N)cn1. The van der Waals surface area contributed by atoms with E-state index in [0.717, 1.165) is 25.3 Å². The number of rotatable bonds is 5. The van der Waals surface area contributed by atoms with Crippen LogP contribution in [0, 0.1) is 0 Å². The summed E-state index contributed by atoms with van der Waals surface area (Å²) in [6, 6.07) is 14.4. The Bertz CT molecular complexity index is 465. The molecular formula is C15H19N3. The van der Waals surface area contributed by atoms with Gasteiger partial charge in [0.2, 0.25) is 0 Å². The minimum absolute atomic E-state index is 0.713. The second kappa shape index (κ2) is 6.17. The number of nitrogen functional groups attached to an aromatic ring is 1. The monoisotopic (exact) mass is 241 g/mol. The Morgan fingerprint density at radius 2 is 1.83 bits per heavy atom. The first-order valence-electron chi connectivity index (χ1n) is 6.24. The fraction of sp³-hybridized carbons (Fsp3) is 0.267. The molecule has 0 aliphatic heterocycles. The molecule has 1 aromatic heterocycles. The van der Waals surface area contributed by atoms with Gasteiger partial charge in [0.1, 0.15) is 0 Å². The van der Waals surface area contributed by atoms with Crippen LogP contribution in [0.2, 0.25) is 0 Å². The molecule has 2 rings (SSSR count). The first kappa shape index (κ1) is 12.6. The van der Waals surface area contributed by atoms with Crippen LogP contribution < -0.4 is 5.73 Å². The van der Waals surface area contributed by atoms with E-state index < -0.39 is 0 Å². The predicted molar refractivity (Wildman–Crippen MR) is 74.9 cm³/mol. The van der Waals surface area contributed by atoms with Crippen molar-refractivity contribution >= 4 is 5.69 Å². The van der Waals surface area contributed by atoms with Crippen molar-refractivity contribution in [1.29, 1.82) is 0 Å². The summed E-state index contributed by atoms with van der Waals surface area (Å²) in [6.45, 7) is 4.97. The quantitative estimate of drug-likeness (QED) is 0.875. The zero-order valence-corrected chi connectivity index (χ0v) is 10.7. The number of nitrogens with zero attached hydrogens (tertiary/aromatic N) is 2. The van der Waals surface area contributed by atoms with Crippen LogP contribution in [0.3, 0.4) is 0 Å². The highest BCUT2D eigenvalue weighted by Gasteiger charge is 2.05. The average Bonchev–Trinajstić information content (AvgIpc) is 2.41. The highest BCUT2D eigenvalue weighted by atomic mass is 15.1. The van der Waals surface area contributed by atoms with E-state index in [-0.39, 0.29) is 0 Å². The fourth-order valence-corrected chi connectivity index (χ4v) is 1.88. The number of pyridine rings is 1. The molecule has 0 bridgehead atoms. The Morgan fingerprint density at radius 1 is 1.06 bits per heavy atom. The van der Waals surface area contributed by atoms with Crippen LogP contribution in [0.1, 0.15) is 18.2 Å². The zero-order chi connectivity index (χ0) is 12.8. The van der Waals surface area contributed by atoms with E-state index >= 15 is 0 Å². The zero-order valence-electron chi connectivity index (χ0n) is 10.7. The van der Waals surface area contributed by atoms with Gasteiger partial charge in [0, 0.05) is 13.1 Å². The van der Waals surface area contributed by atoms with Gasteiger partial charge < -0.3 is 5.73 Å². The molecule has 0 atom stereocenters. The third-order valence-corrected chi connectivity index (χ3v) is 2.93. The summed E-state index contributed by atoms with van der Waals surface area (Å²) < 4.78 is 0. The standard InChI is InChI=1S/C15H19N3/c1-2-18(11-13-6-4-3-5-7-13)12-15-9-8-14(16)10-17-15/h3-10H,2,11-12,16H2,1H3. The van der Waals surface area contributed by atoms with Gasteiger partial charge in [-0.25, -0.2) is 0 Å². The lowest BCUT2D eigenvalue weighted by molar-refractivity contribution is 0.268. The highest BCUT2D eigenvalue weighted by molar-refractivity contribution is 5.34. The van der Waals surface area contributed by atoms with Crippen molar-refractivity contribution in [2.24, 2.45) is 0 Å². The molecule has 2 N–H and O–H groups in total. The molecular weight excluding hydrogens is 222 g/mol. The number of benzene rings is 1. The fourth-order valence-electron chi connectivity index (χ4n) is 1.88. The largest absolute Gasteiger partial charge is 0.397 e. The van der Waals surface area contributed by atoms with Crippen LogP contribution in [0.15, 0.2) is 48.7 Å². The molecule has 0 saturated carbocycles. The molecule has 0 aliphatic rings. The van der Waals surface area contributed by atoms with Gasteiger partial charge in [-0.05, 0) is 24.2 Å². The van der Waals surface area contributed by atoms with Crippen LogP contribution >= 0.6 is 0 Å². The van der Waals surface area contributed by atoms with Gasteiger partial charge in [-0.2, -0.15) is 0 Å². The minimum atomic E-state index is 0.713. The molecule has 0 radical (unpaired) electrons. The molecule has 0 fully saturated rings. The first-order valence-corrected chi connectivity index (χ1v) is 6.24. The lowest BCUT2D eigenvalue weighted by Gasteiger charge is -2.20. The molecule has 0 unspecified atom stereocenters. The normalized spacial score (nSPS) is 10.8. The van der Waals surface area contributed by atoms with Crippen LogP contribution in [0.5, 0.6) is 0 Å². The van der Waals surface area contributed by atoms with Gasteiger partial charge in [0.15, 0.2) is 0 Å². The number of aromatic nitrogens is 1. The van der Waals surface area contributed by atoms with Crippen molar-refractivity contribution in [3.63, 3.8) is 0 Å². The minimum Gasteiger partial charge on any atom is -0.397 e. The Balaban J connectivity index is 1.99. The predicted octanol–water partition coefficient (Wildman–Crippen LogP) is 2.69. The summed E-state index contributed by atoms with van der Waals surface area (Å²) in [5.74, 6) is 0. The van der Waals surface area contributed by atoms with E-state index in [4.69, 9.17) is 5.73 Å². The second-order valence-electron chi connectivity index (χ2n) is 4.37. The van der Waals surface area contributed by atoms with E-state index in [1.54, 1.807) is 6.20 Å². The smallest absolute Gasteiger partial charge is 0.0545 e. The topological polar surface area (TPSA) is 42.1 Å². The van der Waals surface area contributed by atoms with Crippen molar-refractivity contribution in [3.05, 3.63) is 59.9 Å². The third-order valence-electron chi connectivity index (χ3n) is 2.93. The third kappa shape index (κ3) is 3.57.